The number of imidazole rings is 1. The monoisotopic (exact) mass is 468 g/mol. The number of likely N-dealkylation sites (N-methyl/N-ethyl adjacent to an activating group) is 1. The number of para-hydroxylation sites is 2. The Hall–Kier alpha value is -4.20. The van der Waals surface area contributed by atoms with Crippen LogP contribution in [0.5, 0.6) is 0 Å². The third-order valence-corrected chi connectivity index (χ3v) is 6.41. The molecule has 0 spiro atoms. The van der Waals surface area contributed by atoms with Crippen molar-refractivity contribution in [3.05, 3.63) is 90.5 Å². The van der Waals surface area contributed by atoms with Crippen molar-refractivity contribution in [2.45, 2.75) is 6.54 Å². The zero-order valence-electron chi connectivity index (χ0n) is 19.7. The van der Waals surface area contributed by atoms with Crippen molar-refractivity contribution >= 4 is 28.5 Å². The summed E-state index contributed by atoms with van der Waals surface area (Å²) in [5.41, 5.74) is 3.85. The number of rotatable bonds is 6. The van der Waals surface area contributed by atoms with Gasteiger partial charge >= 0.3 is 0 Å². The minimum absolute atomic E-state index is 0.0165. The van der Waals surface area contributed by atoms with Gasteiger partial charge in [-0.25, -0.2) is 4.98 Å². The molecule has 0 N–H and O–H groups in total. The highest BCUT2D eigenvalue weighted by molar-refractivity contribution is 5.96. The Morgan fingerprint density at radius 3 is 2.31 bits per heavy atom. The molecule has 1 saturated heterocycles. The number of amides is 2. The summed E-state index contributed by atoms with van der Waals surface area (Å²) >= 11 is 0. The number of nitrogens with zero attached hydrogens (tertiary/aromatic N) is 6. The molecule has 4 aromatic rings. The van der Waals surface area contributed by atoms with Crippen LogP contribution in [0.25, 0.3) is 11.0 Å². The predicted molar refractivity (Wildman–Crippen MR) is 135 cm³/mol. The van der Waals surface area contributed by atoms with Gasteiger partial charge in [0.1, 0.15) is 0 Å². The van der Waals surface area contributed by atoms with Crippen molar-refractivity contribution in [1.29, 1.82) is 0 Å². The molecule has 35 heavy (non-hydrogen) atoms. The zero-order chi connectivity index (χ0) is 24.2. The molecule has 1 aliphatic rings. The van der Waals surface area contributed by atoms with Crippen LogP contribution in [0.15, 0.2) is 79.1 Å². The van der Waals surface area contributed by atoms with Crippen LogP contribution in [0.3, 0.4) is 0 Å². The van der Waals surface area contributed by atoms with Crippen molar-refractivity contribution in [3.8, 4) is 0 Å². The molecule has 2 aromatic carbocycles. The molecule has 5 rings (SSSR count). The van der Waals surface area contributed by atoms with Crippen molar-refractivity contribution in [2.24, 2.45) is 0 Å². The molecule has 8 heteroatoms. The smallest absolute Gasteiger partial charge is 0.290 e. The average molecular weight is 469 g/mol. The summed E-state index contributed by atoms with van der Waals surface area (Å²) in [7, 11) is 1.67. The van der Waals surface area contributed by atoms with Crippen molar-refractivity contribution in [1.82, 2.24) is 24.3 Å². The van der Waals surface area contributed by atoms with Crippen molar-refractivity contribution in [3.63, 3.8) is 0 Å². The van der Waals surface area contributed by atoms with Gasteiger partial charge in [-0.3, -0.25) is 14.6 Å². The van der Waals surface area contributed by atoms with Crippen LogP contribution in [0.2, 0.25) is 0 Å². The van der Waals surface area contributed by atoms with Gasteiger partial charge in [0.15, 0.2) is 0 Å². The number of carbonyl (C=O) groups is 2. The number of piperazine rings is 1. The molecule has 2 amide bonds. The normalized spacial score (nSPS) is 13.7. The number of anilines is 1. The highest BCUT2D eigenvalue weighted by Gasteiger charge is 2.26. The molecule has 3 heterocycles. The van der Waals surface area contributed by atoms with Crippen LogP contribution in [-0.4, -0.2) is 75.9 Å². The van der Waals surface area contributed by atoms with Gasteiger partial charge < -0.3 is 19.3 Å². The number of hydrogen-bond donors (Lipinski definition) is 0. The van der Waals surface area contributed by atoms with E-state index in [0.29, 0.717) is 25.5 Å². The summed E-state index contributed by atoms with van der Waals surface area (Å²) < 4.78 is 1.93. The summed E-state index contributed by atoms with van der Waals surface area (Å²) in [5, 5.41) is 0. The quantitative estimate of drug-likeness (QED) is 0.435. The van der Waals surface area contributed by atoms with Gasteiger partial charge in [-0.2, -0.15) is 0 Å². The molecule has 0 atom stereocenters. The maximum absolute atomic E-state index is 13.4. The Labute approximate surface area is 204 Å². The fourth-order valence-electron chi connectivity index (χ4n) is 4.48. The molecule has 0 saturated carbocycles. The summed E-state index contributed by atoms with van der Waals surface area (Å²) in [6.45, 7) is 3.29. The molecule has 8 nitrogen and oxygen atoms in total. The molecule has 1 aliphatic heterocycles. The van der Waals surface area contributed by atoms with E-state index in [0.717, 1.165) is 35.4 Å². The Bertz CT molecular complexity index is 1310. The number of carbonyl (C=O) groups excluding carboxylic acids is 2. The van der Waals surface area contributed by atoms with Crippen LogP contribution >= 0.6 is 0 Å². The van der Waals surface area contributed by atoms with E-state index in [1.165, 1.54) is 4.90 Å². The first-order chi connectivity index (χ1) is 17.1. The Balaban J connectivity index is 1.28. The number of hydrogen-bond acceptors (Lipinski definition) is 5. The molecule has 0 unspecified atom stereocenters. The fraction of sp³-hybridized carbons (Fsp3) is 0.259. The van der Waals surface area contributed by atoms with Gasteiger partial charge in [0.25, 0.3) is 5.91 Å². The highest BCUT2D eigenvalue weighted by atomic mass is 16.2. The van der Waals surface area contributed by atoms with Gasteiger partial charge in [-0.1, -0.05) is 42.5 Å². The van der Waals surface area contributed by atoms with Gasteiger partial charge in [-0.05, 0) is 29.8 Å². The van der Waals surface area contributed by atoms with Crippen LogP contribution in [0.4, 0.5) is 5.69 Å². The number of pyridine rings is 1. The third kappa shape index (κ3) is 4.87. The first-order valence-corrected chi connectivity index (χ1v) is 11.8. The second kappa shape index (κ2) is 9.97. The summed E-state index contributed by atoms with van der Waals surface area (Å²) in [4.78, 5) is 40.7. The van der Waals surface area contributed by atoms with Gasteiger partial charge in [0, 0.05) is 57.9 Å². The molecule has 2 aromatic heterocycles. The Morgan fingerprint density at radius 2 is 1.57 bits per heavy atom. The largest absolute Gasteiger partial charge is 0.368 e. The van der Waals surface area contributed by atoms with E-state index in [-0.39, 0.29) is 18.4 Å². The number of benzene rings is 2. The Morgan fingerprint density at radius 1 is 0.886 bits per heavy atom. The van der Waals surface area contributed by atoms with E-state index < -0.39 is 0 Å². The molecule has 178 valence electrons. The molecular formula is C27H28N6O2. The highest BCUT2D eigenvalue weighted by Crippen LogP contribution is 2.20. The lowest BCUT2D eigenvalue weighted by molar-refractivity contribution is -0.131. The van der Waals surface area contributed by atoms with E-state index >= 15 is 0 Å². The van der Waals surface area contributed by atoms with E-state index in [9.17, 15) is 9.59 Å². The summed E-state index contributed by atoms with van der Waals surface area (Å²) in [6, 6.07) is 21.7. The molecular weight excluding hydrogens is 440 g/mol. The van der Waals surface area contributed by atoms with E-state index in [1.54, 1.807) is 19.4 Å². The van der Waals surface area contributed by atoms with Crippen molar-refractivity contribution < 1.29 is 9.59 Å². The zero-order valence-corrected chi connectivity index (χ0v) is 19.7. The minimum Gasteiger partial charge on any atom is -0.368 e. The predicted octanol–water partition coefficient (Wildman–Crippen LogP) is 2.90. The number of fused-ring (bicyclic) bond motifs is 1. The van der Waals surface area contributed by atoms with E-state index in [4.69, 9.17) is 0 Å². The first kappa shape index (κ1) is 22.6. The van der Waals surface area contributed by atoms with Crippen LogP contribution in [-0.2, 0) is 11.3 Å². The number of aromatic nitrogens is 3. The summed E-state index contributed by atoms with van der Waals surface area (Å²) in [5.74, 6) is 0.0229. The topological polar surface area (TPSA) is 74.6 Å². The third-order valence-electron chi connectivity index (χ3n) is 6.41. The maximum Gasteiger partial charge on any atom is 0.290 e. The maximum atomic E-state index is 13.4. The molecule has 1 fully saturated rings. The summed E-state index contributed by atoms with van der Waals surface area (Å²) in [6.07, 6.45) is 3.55. The van der Waals surface area contributed by atoms with E-state index in [1.807, 2.05) is 76.2 Å². The molecule has 0 bridgehead atoms. The standard InChI is InChI=1S/C27H28N6O2/c1-30(20-25(34)32-17-15-31(16-18-32)22-11-13-28-14-12-22)27(35)26-29-23-9-5-6-10-24(23)33(26)19-21-7-3-2-4-8-21/h2-14H,15-20H2,1H3. The molecule has 0 aliphatic carbocycles. The van der Waals surface area contributed by atoms with Crippen LogP contribution in [0, 0.1) is 0 Å². The Kier molecular flexibility index (Phi) is 6.43. The minimum atomic E-state index is -0.263. The van der Waals surface area contributed by atoms with Gasteiger partial charge in [0.05, 0.1) is 17.6 Å². The van der Waals surface area contributed by atoms with Crippen molar-refractivity contribution in [2.75, 3.05) is 44.7 Å². The SMILES string of the molecule is CN(CC(=O)N1CCN(c2ccncc2)CC1)C(=O)c1nc2ccccc2n1Cc1ccccc1. The van der Waals surface area contributed by atoms with Crippen LogP contribution in [0.1, 0.15) is 16.2 Å². The molecule has 0 radical (unpaired) electrons. The lowest BCUT2D eigenvalue weighted by Gasteiger charge is -2.36. The van der Waals surface area contributed by atoms with Gasteiger partial charge in [-0.15, -0.1) is 0 Å². The second-order valence-corrected chi connectivity index (χ2v) is 8.73. The lowest BCUT2D eigenvalue weighted by Crippen LogP contribution is -2.51. The lowest BCUT2D eigenvalue weighted by atomic mass is 10.2. The first-order valence-electron chi connectivity index (χ1n) is 11.8. The average Bonchev–Trinajstić information content (AvgIpc) is 3.27. The van der Waals surface area contributed by atoms with E-state index in [2.05, 4.69) is 14.9 Å². The van der Waals surface area contributed by atoms with Crippen LogP contribution < -0.4 is 4.90 Å². The van der Waals surface area contributed by atoms with Gasteiger partial charge in [0.2, 0.25) is 11.7 Å². The second-order valence-electron chi connectivity index (χ2n) is 8.73. The fourth-order valence-corrected chi connectivity index (χ4v) is 4.48.